The van der Waals surface area contributed by atoms with Crippen molar-refractivity contribution >= 4 is 10.0 Å². The highest BCUT2D eigenvalue weighted by Crippen LogP contribution is 2.35. The highest BCUT2D eigenvalue weighted by atomic mass is 32.3. The van der Waals surface area contributed by atoms with Crippen molar-refractivity contribution in [3.05, 3.63) is 23.3 Å². The molecule has 0 aliphatic rings. The van der Waals surface area contributed by atoms with Crippen LogP contribution in [-0.2, 0) is 0 Å². The molecular weight excluding hydrogens is 178 g/mol. The molecule has 1 nitrogen and oxygen atoms in total. The Kier molecular flexibility index (Phi) is 5.97. The summed E-state index contributed by atoms with van der Waals surface area (Å²) in [6.45, 7) is 2.20. The van der Waals surface area contributed by atoms with Gasteiger partial charge in [0.05, 0.1) is 0 Å². The molecule has 2 heteroatoms. The van der Waals surface area contributed by atoms with Gasteiger partial charge in [0.15, 0.2) is 0 Å². The molecule has 0 aliphatic heterocycles. The van der Waals surface area contributed by atoms with Gasteiger partial charge < -0.3 is 5.32 Å². The van der Waals surface area contributed by atoms with Crippen LogP contribution >= 0.6 is 10.0 Å². The van der Waals surface area contributed by atoms with E-state index in [4.69, 9.17) is 0 Å². The van der Waals surface area contributed by atoms with E-state index >= 15 is 0 Å². The molecule has 0 amide bonds. The molecule has 0 bridgehead atoms. The maximum absolute atomic E-state index is 3.21. The van der Waals surface area contributed by atoms with Crippen molar-refractivity contribution in [2.45, 2.75) is 19.8 Å². The summed E-state index contributed by atoms with van der Waals surface area (Å²) < 4.78 is 0. The summed E-state index contributed by atoms with van der Waals surface area (Å²) in [6.07, 6.45) is 13.6. The van der Waals surface area contributed by atoms with Gasteiger partial charge in [-0.1, -0.05) is 19.4 Å². The lowest BCUT2D eigenvalue weighted by Gasteiger charge is -2.18. The van der Waals surface area contributed by atoms with Gasteiger partial charge in [0.1, 0.15) is 0 Å². The summed E-state index contributed by atoms with van der Waals surface area (Å²) in [5.74, 6) is 0. The van der Waals surface area contributed by atoms with E-state index in [2.05, 4.69) is 48.6 Å². The molecule has 0 saturated heterocycles. The van der Waals surface area contributed by atoms with E-state index in [1.54, 1.807) is 0 Å². The summed E-state index contributed by atoms with van der Waals surface area (Å²) in [5.41, 5.74) is 1.32. The Bertz CT molecular complexity index is 187. The fourth-order valence-corrected chi connectivity index (χ4v) is 1.50. The maximum Gasteiger partial charge on any atom is 0.0104 e. The molecule has 0 rings (SSSR count). The van der Waals surface area contributed by atoms with Gasteiger partial charge in [0, 0.05) is 12.7 Å². The SMILES string of the molecule is CCC/C(=C\C=C\S(C)(C)C)NC. The molecule has 0 radical (unpaired) electrons. The lowest BCUT2D eigenvalue weighted by molar-refractivity contribution is 0.816. The predicted octanol–water partition coefficient (Wildman–Crippen LogP) is 3.10. The van der Waals surface area contributed by atoms with Crippen molar-refractivity contribution in [3.8, 4) is 0 Å². The van der Waals surface area contributed by atoms with Crippen LogP contribution in [0.1, 0.15) is 19.8 Å². The second-order valence-electron chi connectivity index (χ2n) is 3.95. The molecule has 0 fully saturated rings. The zero-order valence-electron chi connectivity index (χ0n) is 9.55. The van der Waals surface area contributed by atoms with Crippen molar-refractivity contribution in [1.29, 1.82) is 0 Å². The summed E-state index contributed by atoms with van der Waals surface area (Å²) in [7, 11) is 1.49. The van der Waals surface area contributed by atoms with E-state index in [0.717, 1.165) is 6.42 Å². The molecule has 13 heavy (non-hydrogen) atoms. The van der Waals surface area contributed by atoms with E-state index < -0.39 is 10.0 Å². The molecule has 0 heterocycles. The molecule has 78 valence electrons. The second kappa shape index (κ2) is 6.14. The van der Waals surface area contributed by atoms with Gasteiger partial charge in [-0.25, -0.2) is 10.0 Å². The molecule has 0 atom stereocenters. The Labute approximate surface area is 84.6 Å². The molecular formula is C11H23NS. The van der Waals surface area contributed by atoms with Gasteiger partial charge in [0.25, 0.3) is 0 Å². The highest BCUT2D eigenvalue weighted by molar-refractivity contribution is 8.34. The van der Waals surface area contributed by atoms with Crippen molar-refractivity contribution < 1.29 is 0 Å². The average Bonchev–Trinajstić information content (AvgIpc) is 2.01. The minimum Gasteiger partial charge on any atom is -0.391 e. The van der Waals surface area contributed by atoms with E-state index in [-0.39, 0.29) is 0 Å². The Morgan fingerprint density at radius 3 is 2.31 bits per heavy atom. The van der Waals surface area contributed by atoms with Crippen LogP contribution in [0.3, 0.4) is 0 Å². The van der Waals surface area contributed by atoms with Crippen molar-refractivity contribution in [3.63, 3.8) is 0 Å². The van der Waals surface area contributed by atoms with E-state index in [1.165, 1.54) is 12.1 Å². The average molecular weight is 201 g/mol. The maximum atomic E-state index is 3.21. The number of hydrogen-bond donors (Lipinski definition) is 1. The van der Waals surface area contributed by atoms with Crippen LogP contribution in [-0.4, -0.2) is 25.8 Å². The van der Waals surface area contributed by atoms with Gasteiger partial charge in [-0.2, -0.15) is 0 Å². The molecule has 0 aromatic rings. The third-order valence-corrected chi connectivity index (χ3v) is 2.60. The topological polar surface area (TPSA) is 12.0 Å². The molecule has 0 unspecified atom stereocenters. The van der Waals surface area contributed by atoms with Crippen molar-refractivity contribution in [2.75, 3.05) is 25.8 Å². The van der Waals surface area contributed by atoms with E-state index in [0.29, 0.717) is 0 Å². The minimum absolute atomic E-state index is 0.496. The molecule has 1 N–H and O–H groups in total. The van der Waals surface area contributed by atoms with Crippen LogP contribution in [0.4, 0.5) is 0 Å². The van der Waals surface area contributed by atoms with Crippen molar-refractivity contribution in [2.24, 2.45) is 0 Å². The monoisotopic (exact) mass is 201 g/mol. The Morgan fingerprint density at radius 2 is 1.92 bits per heavy atom. The smallest absolute Gasteiger partial charge is 0.0104 e. The molecule has 0 saturated carbocycles. The fraction of sp³-hybridized carbons (Fsp3) is 0.636. The van der Waals surface area contributed by atoms with E-state index in [1.807, 2.05) is 7.05 Å². The normalized spacial score (nSPS) is 15.0. The summed E-state index contributed by atoms with van der Waals surface area (Å²) in [5, 5.41) is 5.51. The molecule has 0 aromatic carbocycles. The molecule has 0 spiro atoms. The first-order chi connectivity index (χ1) is 5.99. The number of hydrogen-bond acceptors (Lipinski definition) is 1. The van der Waals surface area contributed by atoms with Crippen molar-refractivity contribution in [1.82, 2.24) is 5.32 Å². The lowest BCUT2D eigenvalue weighted by atomic mass is 10.2. The fourth-order valence-electron chi connectivity index (χ4n) is 0.952. The lowest BCUT2D eigenvalue weighted by Crippen LogP contribution is -2.04. The number of rotatable bonds is 5. The standard InChI is InChI=1S/C11H23NS/c1-6-8-11(12-2)9-7-10-13(3,4)5/h7,9-10,12H,6,8H2,1-5H3/b10-7+,11-9+. The van der Waals surface area contributed by atoms with Gasteiger partial charge in [-0.3, -0.25) is 0 Å². The Morgan fingerprint density at radius 1 is 1.31 bits per heavy atom. The van der Waals surface area contributed by atoms with Gasteiger partial charge in [-0.15, -0.1) is 0 Å². The first-order valence-electron chi connectivity index (χ1n) is 4.73. The third-order valence-electron chi connectivity index (χ3n) is 1.62. The predicted molar refractivity (Wildman–Crippen MR) is 66.6 cm³/mol. The number of nitrogens with one attached hydrogen (secondary N) is 1. The molecule has 0 aliphatic carbocycles. The van der Waals surface area contributed by atoms with Gasteiger partial charge >= 0.3 is 0 Å². The van der Waals surface area contributed by atoms with Crippen LogP contribution in [0.5, 0.6) is 0 Å². The largest absolute Gasteiger partial charge is 0.391 e. The first kappa shape index (κ1) is 12.6. The Hall–Kier alpha value is -0.370. The van der Waals surface area contributed by atoms with E-state index in [9.17, 15) is 0 Å². The number of allylic oxidation sites excluding steroid dienone is 3. The van der Waals surface area contributed by atoms with Gasteiger partial charge in [-0.05, 0) is 36.7 Å². The third kappa shape index (κ3) is 7.97. The van der Waals surface area contributed by atoms with Gasteiger partial charge in [0.2, 0.25) is 0 Å². The van der Waals surface area contributed by atoms with Crippen LogP contribution in [0.2, 0.25) is 0 Å². The first-order valence-corrected chi connectivity index (χ1v) is 7.65. The Balaban J connectivity index is 4.13. The second-order valence-corrected chi connectivity index (χ2v) is 8.09. The highest BCUT2D eigenvalue weighted by Gasteiger charge is 1.95. The minimum atomic E-state index is -0.496. The zero-order chi connectivity index (χ0) is 10.3. The quantitative estimate of drug-likeness (QED) is 0.674. The summed E-state index contributed by atoms with van der Waals surface area (Å²) >= 11 is 0. The zero-order valence-corrected chi connectivity index (χ0v) is 10.4. The van der Waals surface area contributed by atoms with Crippen LogP contribution < -0.4 is 5.32 Å². The van der Waals surface area contributed by atoms with Crippen LogP contribution in [0, 0.1) is 0 Å². The van der Waals surface area contributed by atoms with Crippen LogP contribution in [0.25, 0.3) is 0 Å². The van der Waals surface area contributed by atoms with Crippen LogP contribution in [0.15, 0.2) is 23.3 Å². The summed E-state index contributed by atoms with van der Waals surface area (Å²) in [4.78, 5) is 0. The molecule has 0 aromatic heterocycles. The summed E-state index contributed by atoms with van der Waals surface area (Å²) in [6, 6.07) is 0.